The van der Waals surface area contributed by atoms with E-state index in [1.165, 1.54) is 6.92 Å². The van der Waals surface area contributed by atoms with Crippen LogP contribution >= 0.6 is 11.8 Å². The van der Waals surface area contributed by atoms with E-state index in [1.807, 2.05) is 0 Å². The molecular weight excluding hydrogens is 289 g/mol. The fraction of sp³-hybridized carbons (Fsp3) is 0.333. The van der Waals surface area contributed by atoms with Crippen LogP contribution in [0.3, 0.4) is 0 Å². The molecule has 0 aliphatic carbocycles. The van der Waals surface area contributed by atoms with Gasteiger partial charge in [-0.05, 0) is 13.0 Å². The van der Waals surface area contributed by atoms with E-state index in [4.69, 9.17) is 5.11 Å². The van der Waals surface area contributed by atoms with Gasteiger partial charge in [0.25, 0.3) is 0 Å². The number of thioether (sulfide) groups is 1. The van der Waals surface area contributed by atoms with E-state index < -0.39 is 33.7 Å². The average molecular weight is 296 g/mol. The summed E-state index contributed by atoms with van der Waals surface area (Å²) >= 11 is 0.456. The Morgan fingerprint density at radius 1 is 1.58 bits per heavy atom. The van der Waals surface area contributed by atoms with Crippen LogP contribution in [0, 0.1) is 10.1 Å². The number of carboxylic acids is 1. The third-order valence-corrected chi connectivity index (χ3v) is 3.12. The first-order chi connectivity index (χ1) is 8.62. The third kappa shape index (κ3) is 3.81. The van der Waals surface area contributed by atoms with Crippen molar-refractivity contribution in [2.75, 3.05) is 0 Å². The SMILES string of the molecule is CC(Sc1cc(C(F)(F)F)ncc1[N+](=O)[O-])C(=O)O. The summed E-state index contributed by atoms with van der Waals surface area (Å²) < 4.78 is 37.3. The number of pyridine rings is 1. The summed E-state index contributed by atoms with van der Waals surface area (Å²) in [5, 5.41) is 18.2. The van der Waals surface area contributed by atoms with Crippen molar-refractivity contribution in [1.82, 2.24) is 4.98 Å². The second kappa shape index (κ2) is 5.43. The first-order valence-corrected chi connectivity index (χ1v) is 5.62. The van der Waals surface area contributed by atoms with Gasteiger partial charge >= 0.3 is 17.8 Å². The Labute approximate surface area is 108 Å². The molecule has 19 heavy (non-hydrogen) atoms. The first-order valence-electron chi connectivity index (χ1n) is 4.74. The molecule has 1 rings (SSSR count). The molecule has 0 saturated heterocycles. The fourth-order valence-corrected chi connectivity index (χ4v) is 1.97. The van der Waals surface area contributed by atoms with Gasteiger partial charge in [-0.3, -0.25) is 14.9 Å². The lowest BCUT2D eigenvalue weighted by molar-refractivity contribution is -0.388. The number of aromatic nitrogens is 1. The second-order valence-corrected chi connectivity index (χ2v) is 4.77. The molecule has 0 amide bonds. The predicted molar refractivity (Wildman–Crippen MR) is 58.8 cm³/mol. The topological polar surface area (TPSA) is 93.3 Å². The molecule has 1 unspecified atom stereocenters. The van der Waals surface area contributed by atoms with Crippen LogP contribution in [0.4, 0.5) is 18.9 Å². The second-order valence-electron chi connectivity index (χ2n) is 3.39. The highest BCUT2D eigenvalue weighted by Gasteiger charge is 2.34. The predicted octanol–water partition coefficient (Wildman–Crippen LogP) is 2.57. The maximum Gasteiger partial charge on any atom is 0.433 e. The van der Waals surface area contributed by atoms with Crippen LogP contribution in [0.1, 0.15) is 12.6 Å². The number of carbonyl (C=O) groups is 1. The Morgan fingerprint density at radius 2 is 2.16 bits per heavy atom. The van der Waals surface area contributed by atoms with Gasteiger partial charge in [0, 0.05) is 0 Å². The summed E-state index contributed by atoms with van der Waals surface area (Å²) in [7, 11) is 0. The highest BCUT2D eigenvalue weighted by Crippen LogP contribution is 2.36. The number of nitrogens with zero attached hydrogens (tertiary/aromatic N) is 2. The molecule has 0 fully saturated rings. The molecular formula is C9H7F3N2O4S. The zero-order valence-electron chi connectivity index (χ0n) is 9.34. The monoisotopic (exact) mass is 296 g/mol. The lowest BCUT2D eigenvalue weighted by Crippen LogP contribution is -2.13. The van der Waals surface area contributed by atoms with Crippen molar-refractivity contribution in [3.8, 4) is 0 Å². The van der Waals surface area contributed by atoms with E-state index in [2.05, 4.69) is 4.98 Å². The molecule has 0 bridgehead atoms. The minimum absolute atomic E-state index is 0.387. The number of halogens is 3. The van der Waals surface area contributed by atoms with Crippen molar-refractivity contribution in [2.45, 2.75) is 23.2 Å². The number of nitro groups is 1. The number of hydrogen-bond acceptors (Lipinski definition) is 5. The van der Waals surface area contributed by atoms with Crippen molar-refractivity contribution in [3.05, 3.63) is 28.1 Å². The number of aliphatic carboxylic acids is 1. The largest absolute Gasteiger partial charge is 0.480 e. The molecule has 0 saturated carbocycles. The molecule has 1 N–H and O–H groups in total. The Hall–Kier alpha value is -1.84. The third-order valence-electron chi connectivity index (χ3n) is 1.98. The average Bonchev–Trinajstić information content (AvgIpc) is 2.27. The van der Waals surface area contributed by atoms with E-state index in [0.29, 0.717) is 24.0 Å². The number of carboxylic acid groups (broad SMARTS) is 1. The summed E-state index contributed by atoms with van der Waals surface area (Å²) in [5.41, 5.74) is -1.97. The van der Waals surface area contributed by atoms with Gasteiger partial charge in [-0.2, -0.15) is 13.2 Å². The summed E-state index contributed by atoms with van der Waals surface area (Å²) in [6, 6.07) is 0.474. The lowest BCUT2D eigenvalue weighted by atomic mass is 10.3. The van der Waals surface area contributed by atoms with Gasteiger partial charge in [-0.15, -0.1) is 11.8 Å². The molecule has 1 heterocycles. The summed E-state index contributed by atoms with van der Waals surface area (Å²) in [5.74, 6) is -1.29. The minimum Gasteiger partial charge on any atom is -0.480 e. The lowest BCUT2D eigenvalue weighted by Gasteiger charge is -2.09. The fourth-order valence-electron chi connectivity index (χ4n) is 1.06. The molecule has 10 heteroatoms. The number of alkyl halides is 3. The van der Waals surface area contributed by atoms with Crippen LogP contribution in [-0.4, -0.2) is 26.2 Å². The molecule has 0 spiro atoms. The maximum atomic E-state index is 12.4. The van der Waals surface area contributed by atoms with Crippen molar-refractivity contribution < 1.29 is 28.0 Å². The summed E-state index contributed by atoms with van der Waals surface area (Å²) in [6.45, 7) is 1.21. The molecule has 104 valence electrons. The maximum absolute atomic E-state index is 12.4. The van der Waals surface area contributed by atoms with E-state index >= 15 is 0 Å². The van der Waals surface area contributed by atoms with Gasteiger partial charge in [-0.1, -0.05) is 0 Å². The Bertz CT molecular complexity index is 521. The molecule has 1 aromatic heterocycles. The molecule has 1 aromatic rings. The Balaban J connectivity index is 3.23. The van der Waals surface area contributed by atoms with Crippen molar-refractivity contribution in [1.29, 1.82) is 0 Å². The number of hydrogen-bond donors (Lipinski definition) is 1. The zero-order chi connectivity index (χ0) is 14.8. The van der Waals surface area contributed by atoms with Crippen LogP contribution < -0.4 is 0 Å². The quantitative estimate of drug-likeness (QED) is 0.521. The Morgan fingerprint density at radius 3 is 2.58 bits per heavy atom. The van der Waals surface area contributed by atoms with Gasteiger partial charge in [0.15, 0.2) is 0 Å². The molecule has 0 aromatic carbocycles. The van der Waals surface area contributed by atoms with Crippen molar-refractivity contribution in [3.63, 3.8) is 0 Å². The highest BCUT2D eigenvalue weighted by molar-refractivity contribution is 8.00. The molecule has 0 radical (unpaired) electrons. The van der Waals surface area contributed by atoms with E-state index in [9.17, 15) is 28.1 Å². The van der Waals surface area contributed by atoms with E-state index in [-0.39, 0.29) is 4.90 Å². The van der Waals surface area contributed by atoms with Crippen LogP contribution in [0.15, 0.2) is 17.2 Å². The smallest absolute Gasteiger partial charge is 0.433 e. The van der Waals surface area contributed by atoms with Crippen LogP contribution in [0.25, 0.3) is 0 Å². The zero-order valence-corrected chi connectivity index (χ0v) is 10.2. The van der Waals surface area contributed by atoms with Crippen molar-refractivity contribution >= 4 is 23.4 Å². The normalized spacial score (nSPS) is 13.1. The van der Waals surface area contributed by atoms with Gasteiger partial charge < -0.3 is 5.11 Å². The van der Waals surface area contributed by atoms with Gasteiger partial charge in [0.05, 0.1) is 9.82 Å². The number of rotatable bonds is 4. The van der Waals surface area contributed by atoms with Crippen LogP contribution in [0.2, 0.25) is 0 Å². The summed E-state index contributed by atoms with van der Waals surface area (Å²) in [4.78, 5) is 23.0. The van der Waals surface area contributed by atoms with Gasteiger partial charge in [-0.25, -0.2) is 4.98 Å². The minimum atomic E-state index is -4.75. The summed E-state index contributed by atoms with van der Waals surface area (Å²) in [6.07, 6.45) is -4.28. The van der Waals surface area contributed by atoms with E-state index in [0.717, 1.165) is 0 Å². The Kier molecular flexibility index (Phi) is 4.35. The molecule has 1 atom stereocenters. The van der Waals surface area contributed by atoms with Crippen LogP contribution in [0.5, 0.6) is 0 Å². The van der Waals surface area contributed by atoms with E-state index in [1.54, 1.807) is 0 Å². The first kappa shape index (κ1) is 15.2. The highest BCUT2D eigenvalue weighted by atomic mass is 32.2. The van der Waals surface area contributed by atoms with Crippen molar-refractivity contribution in [2.24, 2.45) is 0 Å². The molecule has 0 aliphatic heterocycles. The van der Waals surface area contributed by atoms with Gasteiger partial charge in [0.2, 0.25) is 0 Å². The standard InChI is InChI=1S/C9H7F3N2O4S/c1-4(8(15)16)19-6-2-7(9(10,11)12)13-3-5(6)14(17)18/h2-4H,1H3,(H,15,16). The van der Waals surface area contributed by atoms with Crippen LogP contribution in [-0.2, 0) is 11.0 Å². The molecule has 6 nitrogen and oxygen atoms in total. The van der Waals surface area contributed by atoms with Gasteiger partial charge in [0.1, 0.15) is 17.1 Å². The molecule has 0 aliphatic rings.